The number of aromatic amines is 1. The third-order valence-electron chi connectivity index (χ3n) is 4.73. The molecule has 3 rings (SSSR count). The predicted octanol–water partition coefficient (Wildman–Crippen LogP) is 3.12. The van der Waals surface area contributed by atoms with Gasteiger partial charge in [0.15, 0.2) is 0 Å². The van der Waals surface area contributed by atoms with Crippen molar-refractivity contribution in [2.45, 2.75) is 39.2 Å². The molecule has 1 heterocycles. The molecule has 4 nitrogen and oxygen atoms in total. The molecule has 20 heavy (non-hydrogen) atoms. The standard InChI is InChI=1S/C16H21N3O/c1-10-4-3-5-14(11(10)2)18-16(20)12-6-7-13-9-17-19-15(13)8-12/h6-11,14H,3-5H2,1-2H3,(H,17,19)(H,18,20). The van der Waals surface area contributed by atoms with E-state index in [1.165, 1.54) is 12.8 Å². The molecule has 2 aromatic rings. The number of nitrogens with one attached hydrogen (secondary N) is 2. The van der Waals surface area contributed by atoms with Crippen LogP contribution in [0.25, 0.3) is 10.9 Å². The van der Waals surface area contributed by atoms with E-state index < -0.39 is 0 Å². The van der Waals surface area contributed by atoms with Gasteiger partial charge in [-0.25, -0.2) is 0 Å². The number of nitrogens with zero attached hydrogens (tertiary/aromatic N) is 1. The van der Waals surface area contributed by atoms with Crippen LogP contribution in [-0.2, 0) is 0 Å². The summed E-state index contributed by atoms with van der Waals surface area (Å²) in [4.78, 5) is 12.4. The monoisotopic (exact) mass is 271 g/mol. The summed E-state index contributed by atoms with van der Waals surface area (Å²) >= 11 is 0. The highest BCUT2D eigenvalue weighted by atomic mass is 16.1. The number of rotatable bonds is 2. The molecule has 4 heteroatoms. The van der Waals surface area contributed by atoms with Gasteiger partial charge in [0.2, 0.25) is 0 Å². The first kappa shape index (κ1) is 13.2. The molecule has 0 saturated heterocycles. The van der Waals surface area contributed by atoms with Gasteiger partial charge in [0.05, 0.1) is 11.7 Å². The topological polar surface area (TPSA) is 57.8 Å². The van der Waals surface area contributed by atoms with Crippen LogP contribution in [0.3, 0.4) is 0 Å². The number of amides is 1. The van der Waals surface area contributed by atoms with Crippen LogP contribution < -0.4 is 5.32 Å². The van der Waals surface area contributed by atoms with Gasteiger partial charge in [-0.05, 0) is 30.4 Å². The molecule has 1 aromatic carbocycles. The van der Waals surface area contributed by atoms with Crippen LogP contribution in [0.15, 0.2) is 24.4 Å². The van der Waals surface area contributed by atoms with Crippen LogP contribution >= 0.6 is 0 Å². The van der Waals surface area contributed by atoms with E-state index in [4.69, 9.17) is 0 Å². The van der Waals surface area contributed by atoms with Crippen LogP contribution in [0.2, 0.25) is 0 Å². The smallest absolute Gasteiger partial charge is 0.251 e. The van der Waals surface area contributed by atoms with Gasteiger partial charge >= 0.3 is 0 Å². The number of fused-ring (bicyclic) bond motifs is 1. The Hall–Kier alpha value is -1.84. The first-order valence-electron chi connectivity index (χ1n) is 7.39. The predicted molar refractivity (Wildman–Crippen MR) is 79.5 cm³/mol. The highest BCUT2D eigenvalue weighted by Gasteiger charge is 2.28. The lowest BCUT2D eigenvalue weighted by molar-refractivity contribution is 0.0891. The van der Waals surface area contributed by atoms with E-state index in [2.05, 4.69) is 29.4 Å². The molecule has 1 amide bonds. The largest absolute Gasteiger partial charge is 0.349 e. The van der Waals surface area contributed by atoms with E-state index in [1.807, 2.05) is 18.2 Å². The number of aromatic nitrogens is 2. The fourth-order valence-electron chi connectivity index (χ4n) is 3.12. The molecule has 1 fully saturated rings. The molecular weight excluding hydrogens is 250 g/mol. The van der Waals surface area contributed by atoms with Crippen molar-refractivity contribution < 1.29 is 4.79 Å². The Morgan fingerprint density at radius 2 is 2.20 bits per heavy atom. The van der Waals surface area contributed by atoms with Crippen LogP contribution in [0.4, 0.5) is 0 Å². The van der Waals surface area contributed by atoms with Gasteiger partial charge in [-0.15, -0.1) is 0 Å². The molecule has 1 aliphatic rings. The normalized spacial score (nSPS) is 26.6. The summed E-state index contributed by atoms with van der Waals surface area (Å²) in [6.45, 7) is 4.52. The number of carbonyl (C=O) groups is 1. The van der Waals surface area contributed by atoms with Crippen LogP contribution in [-0.4, -0.2) is 22.1 Å². The molecule has 1 aliphatic carbocycles. The van der Waals surface area contributed by atoms with Gasteiger partial charge in [0.25, 0.3) is 5.91 Å². The third-order valence-corrected chi connectivity index (χ3v) is 4.73. The van der Waals surface area contributed by atoms with Crippen molar-refractivity contribution in [3.05, 3.63) is 30.0 Å². The highest BCUT2D eigenvalue weighted by Crippen LogP contribution is 2.29. The minimum absolute atomic E-state index is 0.0208. The second-order valence-corrected chi connectivity index (χ2v) is 6.02. The molecule has 3 unspecified atom stereocenters. The summed E-state index contributed by atoms with van der Waals surface area (Å²) in [6, 6.07) is 5.96. The van der Waals surface area contributed by atoms with Crippen LogP contribution in [0.1, 0.15) is 43.5 Å². The van der Waals surface area contributed by atoms with Crippen molar-refractivity contribution in [3.8, 4) is 0 Å². The average molecular weight is 271 g/mol. The molecule has 106 valence electrons. The molecule has 2 N–H and O–H groups in total. The summed E-state index contributed by atoms with van der Waals surface area (Å²) in [7, 11) is 0. The van der Waals surface area contributed by atoms with Crippen molar-refractivity contribution in [2.75, 3.05) is 0 Å². The minimum atomic E-state index is 0.0208. The number of H-pyrrole nitrogens is 1. The van der Waals surface area contributed by atoms with E-state index in [1.54, 1.807) is 6.20 Å². The maximum absolute atomic E-state index is 12.4. The minimum Gasteiger partial charge on any atom is -0.349 e. The summed E-state index contributed by atoms with van der Waals surface area (Å²) in [5, 5.41) is 11.1. The first-order chi connectivity index (χ1) is 9.65. The van der Waals surface area contributed by atoms with Crippen LogP contribution in [0, 0.1) is 11.8 Å². The summed E-state index contributed by atoms with van der Waals surface area (Å²) in [6.07, 6.45) is 5.33. The van der Waals surface area contributed by atoms with E-state index >= 15 is 0 Å². The lowest BCUT2D eigenvalue weighted by atomic mass is 9.78. The summed E-state index contributed by atoms with van der Waals surface area (Å²) in [5.74, 6) is 1.25. The Morgan fingerprint density at radius 3 is 3.05 bits per heavy atom. The van der Waals surface area contributed by atoms with E-state index in [-0.39, 0.29) is 5.91 Å². The Kier molecular flexibility index (Phi) is 3.47. The number of hydrogen-bond acceptors (Lipinski definition) is 2. The molecule has 0 bridgehead atoms. The SMILES string of the molecule is CC1CCCC(NC(=O)c2ccc3cn[nH]c3c2)C1C. The number of carbonyl (C=O) groups excluding carboxylic acids is 1. The zero-order valence-electron chi connectivity index (χ0n) is 12.0. The number of hydrogen-bond donors (Lipinski definition) is 2. The Labute approximate surface area is 119 Å². The zero-order valence-corrected chi connectivity index (χ0v) is 12.0. The van der Waals surface area contributed by atoms with Gasteiger partial charge in [0, 0.05) is 17.0 Å². The van der Waals surface area contributed by atoms with Gasteiger partial charge in [0.1, 0.15) is 0 Å². The van der Waals surface area contributed by atoms with Gasteiger partial charge in [-0.2, -0.15) is 5.10 Å². The van der Waals surface area contributed by atoms with Gasteiger partial charge < -0.3 is 5.32 Å². The Bertz CT molecular complexity index is 619. The van der Waals surface area contributed by atoms with E-state index in [0.717, 1.165) is 17.3 Å². The molecule has 3 atom stereocenters. The number of benzene rings is 1. The lowest BCUT2D eigenvalue weighted by Crippen LogP contribution is -2.43. The van der Waals surface area contributed by atoms with Crippen molar-refractivity contribution in [1.82, 2.24) is 15.5 Å². The van der Waals surface area contributed by atoms with Crippen molar-refractivity contribution >= 4 is 16.8 Å². The fourth-order valence-corrected chi connectivity index (χ4v) is 3.12. The molecule has 0 radical (unpaired) electrons. The average Bonchev–Trinajstić information content (AvgIpc) is 2.91. The van der Waals surface area contributed by atoms with E-state index in [0.29, 0.717) is 23.4 Å². The summed E-state index contributed by atoms with van der Waals surface area (Å²) in [5.41, 5.74) is 1.61. The van der Waals surface area contributed by atoms with Crippen molar-refractivity contribution in [1.29, 1.82) is 0 Å². The quantitative estimate of drug-likeness (QED) is 0.881. The molecule has 1 aromatic heterocycles. The van der Waals surface area contributed by atoms with Gasteiger partial charge in [-0.3, -0.25) is 9.89 Å². The fraction of sp³-hybridized carbons (Fsp3) is 0.500. The zero-order chi connectivity index (χ0) is 14.1. The maximum Gasteiger partial charge on any atom is 0.251 e. The Balaban J connectivity index is 1.75. The highest BCUT2D eigenvalue weighted by molar-refractivity contribution is 5.97. The van der Waals surface area contributed by atoms with Gasteiger partial charge in [-0.1, -0.05) is 32.8 Å². The van der Waals surface area contributed by atoms with Crippen molar-refractivity contribution in [2.24, 2.45) is 11.8 Å². The first-order valence-corrected chi connectivity index (χ1v) is 7.39. The van der Waals surface area contributed by atoms with Crippen molar-refractivity contribution in [3.63, 3.8) is 0 Å². The molecule has 1 saturated carbocycles. The molecule has 0 spiro atoms. The maximum atomic E-state index is 12.4. The van der Waals surface area contributed by atoms with Crippen LogP contribution in [0.5, 0.6) is 0 Å². The second-order valence-electron chi connectivity index (χ2n) is 6.02. The molecule has 0 aliphatic heterocycles. The summed E-state index contributed by atoms with van der Waals surface area (Å²) < 4.78 is 0. The second kappa shape index (κ2) is 5.27. The molecular formula is C16H21N3O. The van der Waals surface area contributed by atoms with E-state index in [9.17, 15) is 4.79 Å². The third kappa shape index (κ3) is 2.42. The lowest BCUT2D eigenvalue weighted by Gasteiger charge is -2.34. The Morgan fingerprint density at radius 1 is 1.35 bits per heavy atom.